The van der Waals surface area contributed by atoms with Crippen molar-refractivity contribution < 1.29 is 49.0 Å². The van der Waals surface area contributed by atoms with E-state index in [4.69, 9.17) is 19.9 Å². The molecular formula is C27H29NO10. The van der Waals surface area contributed by atoms with Gasteiger partial charge in [0.2, 0.25) is 5.78 Å². The van der Waals surface area contributed by atoms with Crippen molar-refractivity contribution in [3.63, 3.8) is 0 Å². The van der Waals surface area contributed by atoms with Crippen LogP contribution < -0.4 is 10.5 Å². The molecule has 0 bridgehead atoms. The monoisotopic (exact) mass is 527 g/mol. The molecule has 6 atom stereocenters. The lowest BCUT2D eigenvalue weighted by Gasteiger charge is -2.42. The molecule has 0 saturated carbocycles. The van der Waals surface area contributed by atoms with Gasteiger partial charge in [0, 0.05) is 42.0 Å². The third kappa shape index (κ3) is 3.81. The van der Waals surface area contributed by atoms with Crippen molar-refractivity contribution in [3.05, 3.63) is 51.6 Å². The van der Waals surface area contributed by atoms with Gasteiger partial charge in [0.1, 0.15) is 22.8 Å². The Balaban J connectivity index is 1.68. The van der Waals surface area contributed by atoms with Crippen molar-refractivity contribution in [3.8, 4) is 17.2 Å². The summed E-state index contributed by atoms with van der Waals surface area (Å²) < 4.78 is 17.1. The Morgan fingerprint density at radius 2 is 1.82 bits per heavy atom. The number of nitrogens with two attached hydrogens (primary N) is 1. The van der Waals surface area contributed by atoms with E-state index in [0.29, 0.717) is 0 Å². The van der Waals surface area contributed by atoms with Crippen molar-refractivity contribution in [2.75, 3.05) is 7.11 Å². The van der Waals surface area contributed by atoms with Crippen LogP contribution in [-0.4, -0.2) is 75.0 Å². The van der Waals surface area contributed by atoms with Gasteiger partial charge in [-0.25, -0.2) is 0 Å². The molecule has 2 aromatic carbocycles. The molecule has 11 heteroatoms. The zero-order valence-corrected chi connectivity index (χ0v) is 21.1. The Kier molecular flexibility index (Phi) is 6.32. The summed E-state index contributed by atoms with van der Waals surface area (Å²) in [4.78, 5) is 39.6. The number of methoxy groups -OCH3 is 1. The molecule has 5 rings (SSSR count). The summed E-state index contributed by atoms with van der Waals surface area (Å²) in [6, 6.07) is 3.75. The van der Waals surface area contributed by atoms with E-state index in [-0.39, 0.29) is 40.8 Å². The minimum absolute atomic E-state index is 0.0147. The van der Waals surface area contributed by atoms with E-state index in [0.717, 1.165) is 0 Å². The molecule has 1 aliphatic heterocycles. The van der Waals surface area contributed by atoms with Gasteiger partial charge in [-0.05, 0) is 19.9 Å². The Labute approximate surface area is 217 Å². The smallest absolute Gasteiger partial charge is 0.202 e. The van der Waals surface area contributed by atoms with Crippen LogP contribution in [0, 0.1) is 0 Å². The van der Waals surface area contributed by atoms with Crippen LogP contribution in [0.25, 0.3) is 0 Å². The Morgan fingerprint density at radius 3 is 2.45 bits per heavy atom. The first kappa shape index (κ1) is 26.3. The predicted molar refractivity (Wildman–Crippen MR) is 130 cm³/mol. The highest BCUT2D eigenvalue weighted by Gasteiger charge is 2.49. The number of Topliss-reactive ketones (excluding diaryl/α,β-unsaturated/α-hetero) is 1. The first-order chi connectivity index (χ1) is 17.9. The van der Waals surface area contributed by atoms with E-state index in [9.17, 15) is 34.8 Å². The molecule has 202 valence electrons. The lowest BCUT2D eigenvalue weighted by molar-refractivity contribution is -0.247. The number of rotatable bonds is 4. The average Bonchev–Trinajstić information content (AvgIpc) is 2.87. The summed E-state index contributed by atoms with van der Waals surface area (Å²) in [6.45, 7) is 2.79. The standard InChI is InChI=1S/C27H29NO10/c1-10-22(30)14(28)7-17(37-10)38-16-9-27(35,11(2)29)8-13-19(16)26(34)21-20(24(13)32)23(31)12-5-4-6-15(36-3)18(12)25(21)33/h4-6,10,14,16-17,22,30,32,34-35H,7-9,28H2,1-3H3/t10?,14-,16?,17-,22+,27?/m0/s1. The first-order valence-electron chi connectivity index (χ1n) is 12.2. The second-order valence-corrected chi connectivity index (χ2v) is 10.1. The Bertz CT molecular complexity index is 1360. The highest BCUT2D eigenvalue weighted by atomic mass is 16.7. The third-order valence-electron chi connectivity index (χ3n) is 7.80. The molecule has 38 heavy (non-hydrogen) atoms. The van der Waals surface area contributed by atoms with E-state index in [1.807, 2.05) is 0 Å². The molecular weight excluding hydrogens is 498 g/mol. The third-order valence-corrected chi connectivity index (χ3v) is 7.80. The van der Waals surface area contributed by atoms with Crippen LogP contribution >= 0.6 is 0 Å². The summed E-state index contributed by atoms with van der Waals surface area (Å²) in [6.07, 6.45) is -4.53. The van der Waals surface area contributed by atoms with Gasteiger partial charge in [-0.15, -0.1) is 0 Å². The number of ketones is 3. The summed E-state index contributed by atoms with van der Waals surface area (Å²) in [5.41, 5.74) is 2.97. The second kappa shape index (κ2) is 9.14. The van der Waals surface area contributed by atoms with Gasteiger partial charge in [-0.1, -0.05) is 12.1 Å². The largest absolute Gasteiger partial charge is 0.507 e. The number of fused-ring (bicyclic) bond motifs is 3. The zero-order valence-electron chi connectivity index (χ0n) is 21.1. The predicted octanol–water partition coefficient (Wildman–Crippen LogP) is 1.03. The average molecular weight is 528 g/mol. The molecule has 3 unspecified atom stereocenters. The fourth-order valence-corrected chi connectivity index (χ4v) is 5.66. The number of phenols is 2. The van der Waals surface area contributed by atoms with E-state index in [1.54, 1.807) is 6.92 Å². The number of ether oxygens (including phenoxy) is 3. The van der Waals surface area contributed by atoms with Gasteiger partial charge in [0.25, 0.3) is 0 Å². The molecule has 2 aliphatic carbocycles. The fourth-order valence-electron chi connectivity index (χ4n) is 5.66. The molecule has 1 saturated heterocycles. The van der Waals surface area contributed by atoms with E-state index in [1.165, 1.54) is 32.2 Å². The molecule has 11 nitrogen and oxygen atoms in total. The maximum atomic E-state index is 13.6. The molecule has 3 aliphatic rings. The van der Waals surface area contributed by atoms with Crippen LogP contribution in [0.2, 0.25) is 0 Å². The highest BCUT2D eigenvalue weighted by molar-refractivity contribution is 6.31. The molecule has 6 N–H and O–H groups in total. The molecule has 0 aromatic heterocycles. The number of hydrogen-bond acceptors (Lipinski definition) is 11. The van der Waals surface area contributed by atoms with Gasteiger partial charge in [-0.3, -0.25) is 14.4 Å². The molecule has 2 aromatic rings. The van der Waals surface area contributed by atoms with Gasteiger partial charge >= 0.3 is 0 Å². The van der Waals surface area contributed by atoms with Crippen LogP contribution in [0.5, 0.6) is 17.2 Å². The lowest BCUT2D eigenvalue weighted by Crippen LogP contribution is -2.52. The highest BCUT2D eigenvalue weighted by Crippen LogP contribution is 2.52. The lowest BCUT2D eigenvalue weighted by atomic mass is 9.72. The van der Waals surface area contributed by atoms with Crippen LogP contribution in [0.1, 0.15) is 75.8 Å². The molecule has 1 heterocycles. The zero-order chi connectivity index (χ0) is 27.7. The van der Waals surface area contributed by atoms with Crippen LogP contribution in [0.3, 0.4) is 0 Å². The van der Waals surface area contributed by atoms with Crippen molar-refractivity contribution in [2.45, 2.75) is 69.4 Å². The summed E-state index contributed by atoms with van der Waals surface area (Å²) in [5, 5.41) is 44.1. The molecule has 0 spiro atoms. The quantitative estimate of drug-likeness (QED) is 0.305. The van der Waals surface area contributed by atoms with Crippen LogP contribution in [-0.2, 0) is 20.7 Å². The van der Waals surface area contributed by atoms with E-state index < -0.39 is 82.6 Å². The molecule has 1 fully saturated rings. The molecule has 0 radical (unpaired) electrons. The van der Waals surface area contributed by atoms with Gasteiger partial charge < -0.3 is 40.4 Å². The fraction of sp³-hybridized carbons (Fsp3) is 0.444. The van der Waals surface area contributed by atoms with Crippen molar-refractivity contribution in [2.24, 2.45) is 5.73 Å². The maximum Gasteiger partial charge on any atom is 0.202 e. The van der Waals surface area contributed by atoms with Crippen molar-refractivity contribution >= 4 is 17.3 Å². The number of hydrogen-bond donors (Lipinski definition) is 5. The second-order valence-electron chi connectivity index (χ2n) is 10.1. The van der Waals surface area contributed by atoms with Crippen LogP contribution in [0.15, 0.2) is 18.2 Å². The normalized spacial score (nSPS) is 30.3. The number of phenolic OH excluding ortho intramolecular Hbond substituents is 2. The maximum absolute atomic E-state index is 13.6. The summed E-state index contributed by atoms with van der Waals surface area (Å²) in [7, 11) is 1.34. The topological polar surface area (TPSA) is 186 Å². The number of carbonyl (C=O) groups excluding carboxylic acids is 3. The Morgan fingerprint density at radius 1 is 1.13 bits per heavy atom. The Hall–Kier alpha value is -3.35. The number of aliphatic hydroxyl groups excluding tert-OH is 1. The van der Waals surface area contributed by atoms with Gasteiger partial charge in [0.05, 0.1) is 42.1 Å². The van der Waals surface area contributed by atoms with Gasteiger partial charge in [0.15, 0.2) is 17.9 Å². The summed E-state index contributed by atoms with van der Waals surface area (Å²) >= 11 is 0. The first-order valence-corrected chi connectivity index (χ1v) is 12.2. The van der Waals surface area contributed by atoms with Gasteiger partial charge in [-0.2, -0.15) is 0 Å². The minimum Gasteiger partial charge on any atom is -0.507 e. The summed E-state index contributed by atoms with van der Waals surface area (Å²) in [5.74, 6) is -3.18. The van der Waals surface area contributed by atoms with Crippen LogP contribution in [0.4, 0.5) is 0 Å². The number of aliphatic hydroxyl groups is 2. The van der Waals surface area contributed by atoms with Crippen molar-refractivity contribution in [1.29, 1.82) is 0 Å². The SMILES string of the molecule is COc1cccc2c1C(=O)c1c(O)c3c(c(O)c1C2=O)CC(O)(C(C)=O)CC3O[C@H]1C[C@H](N)[C@H](O)C(C)O1. The number of aromatic hydroxyl groups is 2. The molecule has 0 amide bonds. The number of carbonyl (C=O) groups is 3. The minimum atomic E-state index is -2.00. The number of benzene rings is 2. The van der Waals surface area contributed by atoms with E-state index in [2.05, 4.69) is 0 Å². The van der Waals surface area contributed by atoms with Crippen molar-refractivity contribution in [1.82, 2.24) is 0 Å². The van der Waals surface area contributed by atoms with E-state index >= 15 is 0 Å².